The predicted octanol–water partition coefficient (Wildman–Crippen LogP) is 8.56. The molecule has 0 saturated heterocycles. The standard InChI is InChI=1S/C15H11F7N2S.3C2H6/c1-24(25-12-6-11(16)7-23-8-12)13(15(20,21)22)9-2-4-10(5-3-9)14(17,18)19;3*1-2/h2-8,13H,1H3;3*1-2H3/t13-;;;/m1.../s1. The van der Waals surface area contributed by atoms with Gasteiger partial charge >= 0.3 is 12.4 Å². The third-order valence-electron chi connectivity index (χ3n) is 3.16. The van der Waals surface area contributed by atoms with Gasteiger partial charge < -0.3 is 0 Å². The Kier molecular flexibility index (Phi) is 15.3. The van der Waals surface area contributed by atoms with E-state index in [0.29, 0.717) is 24.1 Å². The molecule has 2 aromatic rings. The fourth-order valence-corrected chi connectivity index (χ4v) is 3.07. The Morgan fingerprint density at radius 1 is 0.839 bits per heavy atom. The van der Waals surface area contributed by atoms with Crippen molar-refractivity contribution < 1.29 is 30.7 Å². The zero-order valence-corrected chi connectivity index (χ0v) is 19.4. The van der Waals surface area contributed by atoms with E-state index in [-0.39, 0.29) is 10.5 Å². The normalized spacial score (nSPS) is 11.8. The van der Waals surface area contributed by atoms with E-state index >= 15 is 0 Å². The molecule has 1 aromatic carbocycles. The number of hydrogen-bond acceptors (Lipinski definition) is 3. The molecule has 0 unspecified atom stereocenters. The van der Waals surface area contributed by atoms with Crippen LogP contribution in [0.25, 0.3) is 0 Å². The number of halogens is 7. The summed E-state index contributed by atoms with van der Waals surface area (Å²) in [6.45, 7) is 12.0. The number of aromatic nitrogens is 1. The number of rotatable bonds is 4. The maximum Gasteiger partial charge on any atom is 0.416 e. The van der Waals surface area contributed by atoms with Crippen molar-refractivity contribution in [3.8, 4) is 0 Å². The molecule has 31 heavy (non-hydrogen) atoms. The second-order valence-corrected chi connectivity index (χ2v) is 6.27. The molecule has 0 fully saturated rings. The number of pyridine rings is 1. The molecule has 0 aliphatic carbocycles. The molecule has 0 spiro atoms. The minimum Gasteiger partial charge on any atom is -0.260 e. The summed E-state index contributed by atoms with van der Waals surface area (Å²) < 4.78 is 91.8. The molecule has 0 bridgehead atoms. The Labute approximate surface area is 184 Å². The lowest BCUT2D eigenvalue weighted by molar-refractivity contribution is -0.169. The molecular weight excluding hydrogens is 445 g/mol. The summed E-state index contributed by atoms with van der Waals surface area (Å²) in [5, 5.41) is 0. The van der Waals surface area contributed by atoms with Gasteiger partial charge in [0.1, 0.15) is 11.9 Å². The molecule has 10 heteroatoms. The summed E-state index contributed by atoms with van der Waals surface area (Å²) >= 11 is 0.586. The van der Waals surface area contributed by atoms with Crippen molar-refractivity contribution in [3.05, 3.63) is 59.7 Å². The predicted molar refractivity (Wildman–Crippen MR) is 112 cm³/mol. The molecule has 0 amide bonds. The summed E-state index contributed by atoms with van der Waals surface area (Å²) in [5.41, 5.74) is -1.40. The highest BCUT2D eigenvalue weighted by Crippen LogP contribution is 2.42. The maximum atomic E-state index is 13.4. The Hall–Kier alpha value is -1.81. The summed E-state index contributed by atoms with van der Waals surface area (Å²) in [6.07, 6.45) is -7.30. The lowest BCUT2D eigenvalue weighted by Crippen LogP contribution is -2.32. The SMILES string of the molecule is CC.CC.CC.CN(Sc1cncc(F)c1)[C@H](c1ccc(C(F)(F)F)cc1)C(F)(F)F. The van der Waals surface area contributed by atoms with Crippen molar-refractivity contribution in [3.63, 3.8) is 0 Å². The van der Waals surface area contributed by atoms with Crippen LogP contribution in [0.5, 0.6) is 0 Å². The van der Waals surface area contributed by atoms with Crippen molar-refractivity contribution in [2.24, 2.45) is 0 Å². The van der Waals surface area contributed by atoms with E-state index in [1.807, 2.05) is 41.5 Å². The number of benzene rings is 1. The van der Waals surface area contributed by atoms with Crippen LogP contribution in [0.1, 0.15) is 58.7 Å². The van der Waals surface area contributed by atoms with Gasteiger partial charge in [-0.3, -0.25) is 4.98 Å². The van der Waals surface area contributed by atoms with Crippen LogP contribution in [0.15, 0.2) is 47.6 Å². The van der Waals surface area contributed by atoms with Crippen LogP contribution in [-0.4, -0.2) is 22.5 Å². The van der Waals surface area contributed by atoms with E-state index in [9.17, 15) is 30.7 Å². The third kappa shape index (κ3) is 10.9. The van der Waals surface area contributed by atoms with E-state index in [0.717, 1.165) is 35.7 Å². The fraction of sp³-hybridized carbons (Fsp3) is 0.476. The van der Waals surface area contributed by atoms with E-state index in [4.69, 9.17) is 0 Å². The minimum atomic E-state index is -4.75. The second-order valence-electron chi connectivity index (χ2n) is 5.04. The molecule has 0 saturated carbocycles. The Bertz CT molecular complexity index is 717. The molecule has 178 valence electrons. The number of nitrogens with zero attached hydrogens (tertiary/aromatic N) is 2. The van der Waals surface area contributed by atoms with Crippen LogP contribution in [0.4, 0.5) is 30.7 Å². The highest BCUT2D eigenvalue weighted by atomic mass is 32.2. The highest BCUT2D eigenvalue weighted by Gasteiger charge is 2.44. The first-order valence-corrected chi connectivity index (χ1v) is 10.5. The first-order valence-electron chi connectivity index (χ1n) is 9.73. The second kappa shape index (κ2) is 15.1. The lowest BCUT2D eigenvalue weighted by atomic mass is 10.0. The van der Waals surface area contributed by atoms with Crippen LogP contribution in [-0.2, 0) is 6.18 Å². The highest BCUT2D eigenvalue weighted by molar-refractivity contribution is 7.97. The summed E-state index contributed by atoms with van der Waals surface area (Å²) in [4.78, 5) is 3.67. The smallest absolute Gasteiger partial charge is 0.260 e. The summed E-state index contributed by atoms with van der Waals surface area (Å²) in [7, 11) is 1.12. The van der Waals surface area contributed by atoms with Gasteiger partial charge in [-0.05, 0) is 42.8 Å². The lowest BCUT2D eigenvalue weighted by Gasteiger charge is -2.29. The first kappa shape index (κ1) is 31.4. The average Bonchev–Trinajstić information content (AvgIpc) is 2.71. The van der Waals surface area contributed by atoms with Gasteiger partial charge in [0.25, 0.3) is 0 Å². The molecule has 0 radical (unpaired) electrons. The minimum absolute atomic E-state index is 0.128. The van der Waals surface area contributed by atoms with Gasteiger partial charge in [-0.2, -0.15) is 26.3 Å². The Morgan fingerprint density at radius 2 is 1.32 bits per heavy atom. The van der Waals surface area contributed by atoms with Gasteiger partial charge in [-0.25, -0.2) is 8.70 Å². The van der Waals surface area contributed by atoms with Gasteiger partial charge in [-0.1, -0.05) is 53.7 Å². The average molecular weight is 475 g/mol. The van der Waals surface area contributed by atoms with E-state index in [2.05, 4.69) is 4.98 Å². The van der Waals surface area contributed by atoms with Gasteiger partial charge in [-0.15, -0.1) is 0 Å². The van der Waals surface area contributed by atoms with Crippen LogP contribution in [0.3, 0.4) is 0 Å². The number of alkyl halides is 6. The Morgan fingerprint density at radius 3 is 1.71 bits per heavy atom. The summed E-state index contributed by atoms with van der Waals surface area (Å²) in [5.74, 6) is -0.712. The molecule has 0 aliphatic rings. The van der Waals surface area contributed by atoms with E-state index in [1.54, 1.807) is 0 Å². The zero-order valence-electron chi connectivity index (χ0n) is 18.6. The molecule has 0 N–H and O–H groups in total. The monoisotopic (exact) mass is 474 g/mol. The zero-order chi connectivity index (χ0) is 24.8. The maximum absolute atomic E-state index is 13.4. The van der Waals surface area contributed by atoms with Gasteiger partial charge in [0.15, 0.2) is 0 Å². The van der Waals surface area contributed by atoms with Crippen LogP contribution in [0.2, 0.25) is 0 Å². The molecule has 1 heterocycles. The largest absolute Gasteiger partial charge is 0.416 e. The van der Waals surface area contributed by atoms with Gasteiger partial charge in [0.2, 0.25) is 0 Å². The molecule has 2 nitrogen and oxygen atoms in total. The number of hydrogen-bond donors (Lipinski definition) is 0. The topological polar surface area (TPSA) is 16.1 Å². The third-order valence-corrected chi connectivity index (χ3v) is 4.09. The van der Waals surface area contributed by atoms with Crippen LogP contribution < -0.4 is 0 Å². The molecule has 2 rings (SSSR count). The van der Waals surface area contributed by atoms with Crippen molar-refractivity contribution in [1.82, 2.24) is 9.29 Å². The van der Waals surface area contributed by atoms with E-state index in [1.165, 1.54) is 6.20 Å². The summed E-state index contributed by atoms with van der Waals surface area (Å²) in [6, 6.07) is 1.58. The van der Waals surface area contributed by atoms with Crippen molar-refractivity contribution in [2.75, 3.05) is 7.05 Å². The van der Waals surface area contributed by atoms with E-state index < -0.39 is 29.8 Å². The quantitative estimate of drug-likeness (QED) is 0.326. The molecule has 1 atom stereocenters. The van der Waals surface area contributed by atoms with Crippen molar-refractivity contribution in [2.45, 2.75) is 64.8 Å². The van der Waals surface area contributed by atoms with Crippen molar-refractivity contribution in [1.29, 1.82) is 0 Å². The van der Waals surface area contributed by atoms with Gasteiger partial charge in [0.05, 0.1) is 11.8 Å². The van der Waals surface area contributed by atoms with Crippen LogP contribution in [0, 0.1) is 5.82 Å². The van der Waals surface area contributed by atoms with Crippen molar-refractivity contribution >= 4 is 11.9 Å². The Balaban J connectivity index is 0. The fourth-order valence-electron chi connectivity index (χ4n) is 2.12. The van der Waals surface area contributed by atoms with Crippen LogP contribution >= 0.6 is 11.9 Å². The first-order chi connectivity index (χ1) is 14.5. The molecule has 0 aliphatic heterocycles. The van der Waals surface area contributed by atoms with Gasteiger partial charge in [0, 0.05) is 11.1 Å². The molecular formula is C21H29F7N2S. The molecule has 1 aromatic heterocycles.